The Morgan fingerprint density at radius 3 is 2.52 bits per heavy atom. The lowest BCUT2D eigenvalue weighted by Crippen LogP contribution is -2.19. The zero-order chi connectivity index (χ0) is 20.4. The molecule has 0 aliphatic carbocycles. The summed E-state index contributed by atoms with van der Waals surface area (Å²) < 4.78 is 42.3. The van der Waals surface area contributed by atoms with Crippen molar-refractivity contribution in [2.75, 3.05) is 4.90 Å². The summed E-state index contributed by atoms with van der Waals surface area (Å²) in [6, 6.07) is 3.40. The SMILES string of the molecule is Cc1cnc(N(Cc2ccc(-c3noc(C(F)(F)F)n3)s2)c2cnccn2)nc1. The molecule has 0 aliphatic rings. The molecule has 0 aromatic carbocycles. The molecule has 0 saturated carbocycles. The fourth-order valence-corrected chi connectivity index (χ4v) is 3.31. The van der Waals surface area contributed by atoms with Gasteiger partial charge in [-0.25, -0.2) is 15.0 Å². The molecule has 29 heavy (non-hydrogen) atoms. The fraction of sp³-hybridized carbons (Fsp3) is 0.176. The highest BCUT2D eigenvalue weighted by Gasteiger charge is 2.38. The first-order valence-corrected chi connectivity index (χ1v) is 9.04. The average Bonchev–Trinajstić information content (AvgIpc) is 3.37. The molecule has 0 atom stereocenters. The van der Waals surface area contributed by atoms with E-state index >= 15 is 0 Å². The molecule has 12 heteroatoms. The van der Waals surface area contributed by atoms with Gasteiger partial charge in [-0.3, -0.25) is 9.88 Å². The van der Waals surface area contributed by atoms with E-state index in [0.29, 0.717) is 23.2 Å². The van der Waals surface area contributed by atoms with Crippen molar-refractivity contribution >= 4 is 23.1 Å². The number of thiophene rings is 1. The topological polar surface area (TPSA) is 93.7 Å². The van der Waals surface area contributed by atoms with Crippen LogP contribution < -0.4 is 4.90 Å². The van der Waals surface area contributed by atoms with Gasteiger partial charge in [0.25, 0.3) is 0 Å². The van der Waals surface area contributed by atoms with Crippen LogP contribution in [-0.4, -0.2) is 30.1 Å². The zero-order valence-corrected chi connectivity index (χ0v) is 15.6. The van der Waals surface area contributed by atoms with E-state index < -0.39 is 12.1 Å². The molecule has 4 aromatic rings. The summed E-state index contributed by atoms with van der Waals surface area (Å²) in [5, 5.41) is 3.42. The standard InChI is InChI=1S/C17H12F3N7OS/c1-10-6-23-16(24-7-10)27(13-8-21-4-5-22-13)9-11-2-3-12(29-11)14-25-15(28-26-14)17(18,19)20/h2-8H,9H2,1H3. The maximum absolute atomic E-state index is 12.7. The number of hydrogen-bond donors (Lipinski definition) is 0. The molecule has 148 valence electrons. The molecule has 0 N–H and O–H groups in total. The van der Waals surface area contributed by atoms with E-state index in [-0.39, 0.29) is 5.82 Å². The van der Waals surface area contributed by atoms with Crippen molar-refractivity contribution in [1.29, 1.82) is 0 Å². The summed E-state index contributed by atoms with van der Waals surface area (Å²) in [7, 11) is 0. The second kappa shape index (κ2) is 7.54. The summed E-state index contributed by atoms with van der Waals surface area (Å²) in [5.74, 6) is -0.543. The van der Waals surface area contributed by atoms with Crippen molar-refractivity contribution in [1.82, 2.24) is 30.1 Å². The average molecular weight is 419 g/mol. The fourth-order valence-electron chi connectivity index (χ4n) is 2.39. The molecular formula is C17H12F3N7OS. The normalized spacial score (nSPS) is 11.6. The monoisotopic (exact) mass is 419 g/mol. The summed E-state index contributed by atoms with van der Waals surface area (Å²) in [6.45, 7) is 2.21. The van der Waals surface area contributed by atoms with Crippen LogP contribution in [-0.2, 0) is 12.7 Å². The number of alkyl halides is 3. The van der Waals surface area contributed by atoms with Crippen molar-refractivity contribution in [2.45, 2.75) is 19.6 Å². The van der Waals surface area contributed by atoms with Gasteiger partial charge < -0.3 is 4.52 Å². The molecule has 0 radical (unpaired) electrons. The number of halogens is 3. The van der Waals surface area contributed by atoms with Crippen LogP contribution in [0.4, 0.5) is 24.9 Å². The quantitative estimate of drug-likeness (QED) is 0.478. The van der Waals surface area contributed by atoms with E-state index in [9.17, 15) is 13.2 Å². The van der Waals surface area contributed by atoms with Gasteiger partial charge in [0, 0.05) is 29.7 Å². The molecule has 0 spiro atoms. The first-order valence-electron chi connectivity index (χ1n) is 8.22. The summed E-state index contributed by atoms with van der Waals surface area (Å²) in [5.41, 5.74) is 0.906. The van der Waals surface area contributed by atoms with Crippen LogP contribution in [0.1, 0.15) is 16.3 Å². The highest BCUT2D eigenvalue weighted by Crippen LogP contribution is 2.33. The van der Waals surface area contributed by atoms with Crippen molar-refractivity contribution in [3.63, 3.8) is 0 Å². The Morgan fingerprint density at radius 1 is 1.07 bits per heavy atom. The molecule has 4 aromatic heterocycles. The Balaban J connectivity index is 1.62. The van der Waals surface area contributed by atoms with Crippen molar-refractivity contribution < 1.29 is 17.7 Å². The van der Waals surface area contributed by atoms with Crippen LogP contribution in [0.25, 0.3) is 10.7 Å². The van der Waals surface area contributed by atoms with Gasteiger partial charge in [0.1, 0.15) is 0 Å². The highest BCUT2D eigenvalue weighted by atomic mass is 32.1. The maximum Gasteiger partial charge on any atom is 0.471 e. The summed E-state index contributed by atoms with van der Waals surface area (Å²) in [6.07, 6.45) is 3.36. The molecular weight excluding hydrogens is 407 g/mol. The number of aromatic nitrogens is 6. The molecule has 0 saturated heterocycles. The predicted octanol–water partition coefficient (Wildman–Crippen LogP) is 4.04. The van der Waals surface area contributed by atoms with E-state index in [0.717, 1.165) is 10.4 Å². The lowest BCUT2D eigenvalue weighted by molar-refractivity contribution is -0.159. The smallest absolute Gasteiger partial charge is 0.329 e. The Morgan fingerprint density at radius 2 is 1.86 bits per heavy atom. The molecule has 0 amide bonds. The minimum absolute atomic E-state index is 0.119. The molecule has 4 heterocycles. The van der Waals surface area contributed by atoms with E-state index in [1.54, 1.807) is 48.0 Å². The second-order valence-electron chi connectivity index (χ2n) is 5.90. The van der Waals surface area contributed by atoms with E-state index in [1.165, 1.54) is 11.3 Å². The number of rotatable bonds is 5. The van der Waals surface area contributed by atoms with Crippen LogP contribution in [0.15, 0.2) is 47.6 Å². The van der Waals surface area contributed by atoms with Gasteiger partial charge in [0.15, 0.2) is 5.82 Å². The summed E-state index contributed by atoms with van der Waals surface area (Å²) in [4.78, 5) is 23.5. The first kappa shape index (κ1) is 18.9. The van der Waals surface area contributed by atoms with Crippen molar-refractivity contribution in [2.24, 2.45) is 0 Å². The lowest BCUT2D eigenvalue weighted by atomic mass is 10.3. The third-order valence-electron chi connectivity index (χ3n) is 3.70. The van der Waals surface area contributed by atoms with Crippen molar-refractivity contribution in [3.8, 4) is 10.7 Å². The third kappa shape index (κ3) is 4.21. The van der Waals surface area contributed by atoms with Crippen molar-refractivity contribution in [3.05, 3.63) is 59.4 Å². The van der Waals surface area contributed by atoms with Gasteiger partial charge >= 0.3 is 12.1 Å². The zero-order valence-electron chi connectivity index (χ0n) is 14.8. The van der Waals surface area contributed by atoms with Gasteiger partial charge in [-0.2, -0.15) is 18.2 Å². The van der Waals surface area contributed by atoms with E-state index in [1.807, 2.05) is 6.92 Å². The molecule has 0 unspecified atom stereocenters. The van der Waals surface area contributed by atoms with Gasteiger partial charge in [-0.15, -0.1) is 11.3 Å². The molecule has 0 aliphatic heterocycles. The van der Waals surface area contributed by atoms with Gasteiger partial charge in [-0.05, 0) is 24.6 Å². The van der Waals surface area contributed by atoms with Gasteiger partial charge in [-0.1, -0.05) is 5.16 Å². The van der Waals surface area contributed by atoms with Crippen LogP contribution in [0, 0.1) is 6.92 Å². The summed E-state index contributed by atoms with van der Waals surface area (Å²) >= 11 is 1.23. The van der Waals surface area contributed by atoms with Crippen LogP contribution >= 0.6 is 11.3 Å². The first-order chi connectivity index (χ1) is 13.9. The largest absolute Gasteiger partial charge is 0.471 e. The van der Waals surface area contributed by atoms with Gasteiger partial charge in [0.05, 0.1) is 17.6 Å². The maximum atomic E-state index is 12.7. The Kier molecular flexibility index (Phi) is 4.92. The minimum Gasteiger partial charge on any atom is -0.329 e. The highest BCUT2D eigenvalue weighted by molar-refractivity contribution is 7.15. The minimum atomic E-state index is -4.68. The van der Waals surface area contributed by atoms with Gasteiger partial charge in [0.2, 0.25) is 11.8 Å². The van der Waals surface area contributed by atoms with E-state index in [4.69, 9.17) is 0 Å². The molecule has 8 nitrogen and oxygen atoms in total. The number of anilines is 2. The number of nitrogens with zero attached hydrogens (tertiary/aromatic N) is 7. The Labute approximate surface area is 166 Å². The Hall–Kier alpha value is -3.41. The van der Waals surface area contributed by atoms with Crippen LogP contribution in [0.5, 0.6) is 0 Å². The second-order valence-corrected chi connectivity index (χ2v) is 7.07. The Bertz CT molecular complexity index is 1100. The molecule has 0 bridgehead atoms. The molecule has 0 fully saturated rings. The predicted molar refractivity (Wildman–Crippen MR) is 97.3 cm³/mol. The number of hydrogen-bond acceptors (Lipinski definition) is 9. The molecule has 4 rings (SSSR count). The lowest BCUT2D eigenvalue weighted by Gasteiger charge is -2.20. The number of aryl methyl sites for hydroxylation is 1. The van der Waals surface area contributed by atoms with Crippen LogP contribution in [0.3, 0.4) is 0 Å². The van der Waals surface area contributed by atoms with Crippen LogP contribution in [0.2, 0.25) is 0 Å². The van der Waals surface area contributed by atoms with E-state index in [2.05, 4.69) is 34.6 Å². The third-order valence-corrected chi connectivity index (χ3v) is 4.77.